The normalized spacial score (nSPS) is 19.4. The number of nitrogens with zero attached hydrogens (tertiary/aromatic N) is 2. The van der Waals surface area contributed by atoms with Gasteiger partial charge in [-0.1, -0.05) is 19.1 Å². The van der Waals surface area contributed by atoms with E-state index in [0.29, 0.717) is 17.4 Å². The SMILES string of the molecule is CCN1CCCC(CNC(=NC)NCc2ccc(S(C)(=O)=O)c(C)c2)C1. The van der Waals surface area contributed by atoms with Crippen LogP contribution in [0.1, 0.15) is 30.9 Å². The molecule has 7 heteroatoms. The molecular formula is C19H32N4O2S. The van der Waals surface area contributed by atoms with Crippen LogP contribution >= 0.6 is 0 Å². The molecule has 1 aromatic carbocycles. The number of nitrogens with one attached hydrogen (secondary N) is 2. The number of sulfone groups is 1. The van der Waals surface area contributed by atoms with Crippen LogP contribution in [0.25, 0.3) is 0 Å². The summed E-state index contributed by atoms with van der Waals surface area (Å²) >= 11 is 0. The molecule has 2 rings (SSSR count). The Morgan fingerprint density at radius 3 is 2.73 bits per heavy atom. The van der Waals surface area contributed by atoms with E-state index in [9.17, 15) is 8.42 Å². The van der Waals surface area contributed by atoms with Crippen LogP contribution in [0.2, 0.25) is 0 Å². The van der Waals surface area contributed by atoms with Crippen molar-refractivity contribution in [2.45, 2.75) is 38.1 Å². The highest BCUT2D eigenvalue weighted by Crippen LogP contribution is 2.17. The van der Waals surface area contributed by atoms with Crippen molar-refractivity contribution in [1.82, 2.24) is 15.5 Å². The van der Waals surface area contributed by atoms with Gasteiger partial charge in [0.15, 0.2) is 15.8 Å². The van der Waals surface area contributed by atoms with Crippen LogP contribution in [0.3, 0.4) is 0 Å². The predicted octanol–water partition coefficient (Wildman–Crippen LogP) is 1.80. The summed E-state index contributed by atoms with van der Waals surface area (Å²) in [6, 6.07) is 5.44. The molecule has 6 nitrogen and oxygen atoms in total. The Kier molecular flexibility index (Phi) is 7.46. The maximum absolute atomic E-state index is 11.7. The van der Waals surface area contributed by atoms with Gasteiger partial charge in [0.1, 0.15) is 0 Å². The zero-order chi connectivity index (χ0) is 19.2. The molecule has 0 spiro atoms. The molecule has 0 aliphatic carbocycles. The lowest BCUT2D eigenvalue weighted by molar-refractivity contribution is 0.183. The van der Waals surface area contributed by atoms with E-state index in [1.165, 1.54) is 25.6 Å². The summed E-state index contributed by atoms with van der Waals surface area (Å²) in [6.07, 6.45) is 3.76. The lowest BCUT2D eigenvalue weighted by Crippen LogP contribution is -2.44. The van der Waals surface area contributed by atoms with E-state index in [2.05, 4.69) is 27.4 Å². The third kappa shape index (κ3) is 5.99. The summed E-state index contributed by atoms with van der Waals surface area (Å²) < 4.78 is 23.4. The van der Waals surface area contributed by atoms with E-state index in [1.807, 2.05) is 19.1 Å². The van der Waals surface area contributed by atoms with E-state index in [0.717, 1.165) is 36.7 Å². The molecule has 1 unspecified atom stereocenters. The number of aliphatic imine (C=N–C) groups is 1. The molecule has 0 amide bonds. The van der Waals surface area contributed by atoms with Gasteiger partial charge in [-0.05, 0) is 56.0 Å². The molecule has 0 aromatic heterocycles. The molecule has 1 heterocycles. The van der Waals surface area contributed by atoms with Crippen LogP contribution in [-0.4, -0.2) is 58.8 Å². The highest BCUT2D eigenvalue weighted by molar-refractivity contribution is 7.90. The Bertz CT molecular complexity index is 731. The standard InChI is InChI=1S/C19H32N4O2S/c1-5-23-10-6-7-17(14-23)13-22-19(20-3)21-12-16-8-9-18(15(2)11-16)26(4,24)25/h8-9,11,17H,5-7,10,12-14H2,1-4H3,(H2,20,21,22). The monoisotopic (exact) mass is 380 g/mol. The zero-order valence-corrected chi connectivity index (χ0v) is 17.2. The van der Waals surface area contributed by atoms with Crippen molar-refractivity contribution in [1.29, 1.82) is 0 Å². The minimum atomic E-state index is -3.17. The topological polar surface area (TPSA) is 73.8 Å². The number of rotatable bonds is 6. The minimum Gasteiger partial charge on any atom is -0.356 e. The van der Waals surface area contributed by atoms with Crippen LogP contribution in [-0.2, 0) is 16.4 Å². The zero-order valence-electron chi connectivity index (χ0n) is 16.4. The maximum atomic E-state index is 11.7. The van der Waals surface area contributed by atoms with Gasteiger partial charge in [0.25, 0.3) is 0 Å². The second kappa shape index (κ2) is 9.37. The van der Waals surface area contributed by atoms with E-state index in [4.69, 9.17) is 0 Å². The average molecular weight is 381 g/mol. The van der Waals surface area contributed by atoms with Crippen LogP contribution in [0.15, 0.2) is 28.1 Å². The summed E-state index contributed by atoms with van der Waals surface area (Å²) in [5.74, 6) is 1.43. The summed E-state index contributed by atoms with van der Waals surface area (Å²) in [5.41, 5.74) is 1.81. The van der Waals surface area contributed by atoms with Gasteiger partial charge in [-0.15, -0.1) is 0 Å². The van der Waals surface area contributed by atoms with Crippen molar-refractivity contribution in [2.24, 2.45) is 10.9 Å². The molecule has 1 atom stereocenters. The van der Waals surface area contributed by atoms with Gasteiger partial charge < -0.3 is 15.5 Å². The van der Waals surface area contributed by atoms with Gasteiger partial charge in [0.05, 0.1) is 4.90 Å². The fourth-order valence-corrected chi connectivity index (χ4v) is 4.45. The van der Waals surface area contributed by atoms with Gasteiger partial charge in [-0.2, -0.15) is 0 Å². The Balaban J connectivity index is 1.86. The van der Waals surface area contributed by atoms with Crippen molar-refractivity contribution in [3.63, 3.8) is 0 Å². The first-order chi connectivity index (χ1) is 12.3. The summed E-state index contributed by atoms with van der Waals surface area (Å²) in [5, 5.41) is 6.73. The molecule has 1 aliphatic heterocycles. The molecule has 0 bridgehead atoms. The third-order valence-electron chi connectivity index (χ3n) is 4.93. The largest absolute Gasteiger partial charge is 0.356 e. The number of hydrogen-bond acceptors (Lipinski definition) is 4. The maximum Gasteiger partial charge on any atom is 0.191 e. The quantitative estimate of drug-likeness (QED) is 0.581. The highest BCUT2D eigenvalue weighted by atomic mass is 32.2. The average Bonchev–Trinajstić information content (AvgIpc) is 2.61. The lowest BCUT2D eigenvalue weighted by atomic mass is 9.98. The van der Waals surface area contributed by atoms with Gasteiger partial charge in [-0.3, -0.25) is 4.99 Å². The van der Waals surface area contributed by atoms with E-state index >= 15 is 0 Å². The second-order valence-corrected chi connectivity index (χ2v) is 9.06. The number of likely N-dealkylation sites (tertiary alicyclic amines) is 1. The number of benzene rings is 1. The van der Waals surface area contributed by atoms with Crippen LogP contribution in [0.4, 0.5) is 0 Å². The van der Waals surface area contributed by atoms with Gasteiger partial charge in [-0.25, -0.2) is 8.42 Å². The van der Waals surface area contributed by atoms with Crippen molar-refractivity contribution in [3.8, 4) is 0 Å². The number of hydrogen-bond donors (Lipinski definition) is 2. The molecule has 0 radical (unpaired) electrons. The molecule has 1 aromatic rings. The first-order valence-corrected chi connectivity index (χ1v) is 11.2. The van der Waals surface area contributed by atoms with Crippen LogP contribution in [0.5, 0.6) is 0 Å². The molecule has 1 fully saturated rings. The van der Waals surface area contributed by atoms with E-state index in [-0.39, 0.29) is 0 Å². The van der Waals surface area contributed by atoms with Crippen molar-refractivity contribution in [2.75, 3.05) is 39.5 Å². The Labute approximate surface area is 158 Å². The smallest absolute Gasteiger partial charge is 0.191 e. The molecule has 26 heavy (non-hydrogen) atoms. The first kappa shape index (κ1) is 20.7. The van der Waals surface area contributed by atoms with Crippen LogP contribution < -0.4 is 10.6 Å². The van der Waals surface area contributed by atoms with Gasteiger partial charge in [0, 0.05) is 32.9 Å². The first-order valence-electron chi connectivity index (χ1n) is 9.30. The number of piperidine rings is 1. The molecule has 0 saturated carbocycles. The predicted molar refractivity (Wildman–Crippen MR) is 107 cm³/mol. The Morgan fingerprint density at radius 1 is 1.35 bits per heavy atom. The van der Waals surface area contributed by atoms with Crippen molar-refractivity contribution in [3.05, 3.63) is 29.3 Å². The van der Waals surface area contributed by atoms with Gasteiger partial charge in [0.2, 0.25) is 0 Å². The summed E-state index contributed by atoms with van der Waals surface area (Å²) in [7, 11) is -1.40. The van der Waals surface area contributed by atoms with Crippen LogP contribution in [0, 0.1) is 12.8 Å². The van der Waals surface area contributed by atoms with Crippen molar-refractivity contribution < 1.29 is 8.42 Å². The molecule has 2 N–H and O–H groups in total. The van der Waals surface area contributed by atoms with Gasteiger partial charge >= 0.3 is 0 Å². The van der Waals surface area contributed by atoms with Crippen molar-refractivity contribution >= 4 is 15.8 Å². The fourth-order valence-electron chi connectivity index (χ4n) is 3.49. The third-order valence-corrected chi connectivity index (χ3v) is 6.19. The molecule has 1 saturated heterocycles. The Hall–Kier alpha value is -1.60. The Morgan fingerprint density at radius 2 is 2.12 bits per heavy atom. The lowest BCUT2D eigenvalue weighted by Gasteiger charge is -2.32. The number of aryl methyl sites for hydroxylation is 1. The molecule has 146 valence electrons. The summed E-state index contributed by atoms with van der Waals surface area (Å²) in [6.45, 7) is 9.04. The second-order valence-electron chi connectivity index (χ2n) is 7.08. The number of guanidine groups is 1. The van der Waals surface area contributed by atoms with E-state index < -0.39 is 9.84 Å². The molecule has 1 aliphatic rings. The van der Waals surface area contributed by atoms with E-state index in [1.54, 1.807) is 13.1 Å². The highest BCUT2D eigenvalue weighted by Gasteiger charge is 2.18. The molecular weight excluding hydrogens is 348 g/mol. The summed E-state index contributed by atoms with van der Waals surface area (Å²) in [4.78, 5) is 7.18. The fraction of sp³-hybridized carbons (Fsp3) is 0.632. The minimum absolute atomic E-state index is 0.390.